The standard InChI is InChI=1S/C16H15FN2O3/c1-3-10-13-11(7-18-15(10)17)14(20)12(16(21)22-4-2)8-19(13)9-5-6-9/h3,7-9H,1,4-6H2,2H3. The number of hydrogen-bond donors (Lipinski definition) is 0. The summed E-state index contributed by atoms with van der Waals surface area (Å²) in [6.07, 6.45) is 5.81. The first-order chi connectivity index (χ1) is 10.6. The average Bonchev–Trinajstić information content (AvgIpc) is 3.32. The maximum atomic E-state index is 13.9. The Morgan fingerprint density at radius 3 is 2.91 bits per heavy atom. The van der Waals surface area contributed by atoms with Crippen molar-refractivity contribution in [3.63, 3.8) is 0 Å². The zero-order valence-corrected chi connectivity index (χ0v) is 12.1. The van der Waals surface area contributed by atoms with Gasteiger partial charge >= 0.3 is 5.97 Å². The maximum absolute atomic E-state index is 13.9. The Morgan fingerprint density at radius 1 is 1.59 bits per heavy atom. The minimum atomic E-state index is -0.680. The van der Waals surface area contributed by atoms with Crippen molar-refractivity contribution in [3.05, 3.63) is 46.3 Å². The van der Waals surface area contributed by atoms with E-state index in [1.807, 2.05) is 0 Å². The molecular formula is C16H15FN2O3. The van der Waals surface area contributed by atoms with E-state index in [0.717, 1.165) is 12.8 Å². The molecule has 0 atom stereocenters. The van der Waals surface area contributed by atoms with Crippen molar-refractivity contribution in [2.75, 3.05) is 6.61 Å². The molecule has 2 heterocycles. The van der Waals surface area contributed by atoms with Crippen LogP contribution >= 0.6 is 0 Å². The Morgan fingerprint density at radius 2 is 2.32 bits per heavy atom. The van der Waals surface area contributed by atoms with Gasteiger partial charge in [-0.3, -0.25) is 4.79 Å². The molecule has 1 aliphatic carbocycles. The van der Waals surface area contributed by atoms with E-state index < -0.39 is 17.3 Å². The van der Waals surface area contributed by atoms with Crippen LogP contribution in [0.15, 0.2) is 23.8 Å². The molecule has 114 valence electrons. The van der Waals surface area contributed by atoms with Crippen LogP contribution in [0.2, 0.25) is 0 Å². The van der Waals surface area contributed by atoms with E-state index >= 15 is 0 Å². The third-order valence-electron chi connectivity index (χ3n) is 3.69. The molecule has 0 N–H and O–H groups in total. The SMILES string of the molecule is C=Cc1c(F)ncc2c(=O)c(C(=O)OCC)cn(C3CC3)c12. The van der Waals surface area contributed by atoms with E-state index in [2.05, 4.69) is 11.6 Å². The zero-order chi connectivity index (χ0) is 15.9. The number of nitrogens with zero attached hydrogens (tertiary/aromatic N) is 2. The van der Waals surface area contributed by atoms with Gasteiger partial charge in [-0.15, -0.1) is 0 Å². The van der Waals surface area contributed by atoms with Gasteiger partial charge in [-0.1, -0.05) is 12.7 Å². The van der Waals surface area contributed by atoms with Crippen molar-refractivity contribution in [1.29, 1.82) is 0 Å². The van der Waals surface area contributed by atoms with E-state index in [0.29, 0.717) is 5.52 Å². The average molecular weight is 302 g/mol. The maximum Gasteiger partial charge on any atom is 0.343 e. The second-order valence-corrected chi connectivity index (χ2v) is 5.16. The van der Waals surface area contributed by atoms with Crippen LogP contribution in [0.3, 0.4) is 0 Å². The van der Waals surface area contributed by atoms with Gasteiger partial charge < -0.3 is 9.30 Å². The zero-order valence-electron chi connectivity index (χ0n) is 12.1. The Labute approximate surface area is 126 Å². The molecule has 0 bridgehead atoms. The van der Waals surface area contributed by atoms with Gasteiger partial charge in [0.15, 0.2) is 0 Å². The molecule has 0 aromatic carbocycles. The first-order valence-corrected chi connectivity index (χ1v) is 7.11. The fraction of sp³-hybridized carbons (Fsp3) is 0.312. The van der Waals surface area contributed by atoms with Crippen LogP contribution in [-0.2, 0) is 4.74 Å². The quantitative estimate of drug-likeness (QED) is 0.643. The molecule has 0 unspecified atom stereocenters. The van der Waals surface area contributed by atoms with E-state index in [1.54, 1.807) is 11.5 Å². The lowest BCUT2D eigenvalue weighted by Crippen LogP contribution is -2.21. The van der Waals surface area contributed by atoms with Crippen LogP contribution in [0.25, 0.3) is 17.0 Å². The minimum absolute atomic E-state index is 0.0512. The summed E-state index contributed by atoms with van der Waals surface area (Å²) >= 11 is 0. The Kier molecular flexibility index (Phi) is 3.52. The van der Waals surface area contributed by atoms with Gasteiger partial charge in [0, 0.05) is 18.4 Å². The molecule has 1 saturated carbocycles. The number of aromatic nitrogens is 2. The van der Waals surface area contributed by atoms with Crippen LogP contribution in [-0.4, -0.2) is 22.1 Å². The van der Waals surface area contributed by atoms with Crippen molar-refractivity contribution >= 4 is 22.9 Å². The summed E-state index contributed by atoms with van der Waals surface area (Å²) in [6, 6.07) is 0.150. The van der Waals surface area contributed by atoms with Crippen molar-refractivity contribution < 1.29 is 13.9 Å². The highest BCUT2D eigenvalue weighted by Crippen LogP contribution is 2.38. The lowest BCUT2D eigenvalue weighted by Gasteiger charge is -2.14. The van der Waals surface area contributed by atoms with Crippen LogP contribution < -0.4 is 5.43 Å². The molecule has 0 aliphatic heterocycles. The topological polar surface area (TPSA) is 61.2 Å². The van der Waals surface area contributed by atoms with E-state index in [1.165, 1.54) is 18.5 Å². The molecule has 2 aromatic heterocycles. The fourth-order valence-electron chi connectivity index (χ4n) is 2.52. The van der Waals surface area contributed by atoms with Gasteiger partial charge in [-0.2, -0.15) is 4.39 Å². The van der Waals surface area contributed by atoms with Crippen molar-refractivity contribution in [2.24, 2.45) is 0 Å². The highest BCUT2D eigenvalue weighted by atomic mass is 19.1. The van der Waals surface area contributed by atoms with Crippen molar-refractivity contribution in [1.82, 2.24) is 9.55 Å². The summed E-state index contributed by atoms with van der Waals surface area (Å²) in [5.41, 5.74) is 0.0607. The summed E-state index contributed by atoms with van der Waals surface area (Å²) in [7, 11) is 0. The normalized spacial score (nSPS) is 14.1. The summed E-state index contributed by atoms with van der Waals surface area (Å²) in [4.78, 5) is 28.1. The Hall–Kier alpha value is -2.50. The predicted molar refractivity (Wildman–Crippen MR) is 80.3 cm³/mol. The molecule has 3 rings (SSSR count). The smallest absolute Gasteiger partial charge is 0.343 e. The van der Waals surface area contributed by atoms with Crippen molar-refractivity contribution in [2.45, 2.75) is 25.8 Å². The summed E-state index contributed by atoms with van der Waals surface area (Å²) in [5, 5.41) is 0.203. The number of hydrogen-bond acceptors (Lipinski definition) is 4. The molecule has 0 radical (unpaired) electrons. The third kappa shape index (κ3) is 2.20. The number of ether oxygens (including phenoxy) is 1. The fourth-order valence-corrected chi connectivity index (χ4v) is 2.52. The van der Waals surface area contributed by atoms with E-state index in [-0.39, 0.29) is 29.2 Å². The predicted octanol–water partition coefficient (Wildman–Crippen LogP) is 2.69. The molecule has 0 saturated heterocycles. The highest BCUT2D eigenvalue weighted by molar-refractivity contribution is 5.95. The second-order valence-electron chi connectivity index (χ2n) is 5.16. The van der Waals surface area contributed by atoms with Gasteiger partial charge in [0.2, 0.25) is 11.4 Å². The van der Waals surface area contributed by atoms with Gasteiger partial charge in [-0.25, -0.2) is 9.78 Å². The molecule has 1 aliphatic rings. The monoisotopic (exact) mass is 302 g/mol. The number of carbonyl (C=O) groups excluding carboxylic acids is 1. The second kappa shape index (κ2) is 5.36. The number of esters is 1. The largest absolute Gasteiger partial charge is 0.462 e. The molecular weight excluding hydrogens is 287 g/mol. The number of halogens is 1. The molecule has 22 heavy (non-hydrogen) atoms. The lowest BCUT2D eigenvalue weighted by atomic mass is 10.1. The third-order valence-corrected chi connectivity index (χ3v) is 3.69. The number of rotatable bonds is 4. The first-order valence-electron chi connectivity index (χ1n) is 7.11. The van der Waals surface area contributed by atoms with Crippen molar-refractivity contribution in [3.8, 4) is 0 Å². The highest BCUT2D eigenvalue weighted by Gasteiger charge is 2.28. The number of pyridine rings is 2. The van der Waals surface area contributed by atoms with Gasteiger partial charge in [0.25, 0.3) is 0 Å². The number of carbonyl (C=O) groups is 1. The van der Waals surface area contributed by atoms with Gasteiger partial charge in [0.05, 0.1) is 23.1 Å². The molecule has 1 fully saturated rings. The summed E-state index contributed by atoms with van der Waals surface area (Å²) < 4.78 is 20.6. The Bertz CT molecular complexity index is 837. The van der Waals surface area contributed by atoms with Crippen LogP contribution in [0.4, 0.5) is 4.39 Å². The van der Waals surface area contributed by atoms with E-state index in [9.17, 15) is 14.0 Å². The molecule has 0 amide bonds. The van der Waals surface area contributed by atoms with Gasteiger partial charge in [-0.05, 0) is 19.8 Å². The first kappa shape index (κ1) is 14.4. The molecule has 2 aromatic rings. The minimum Gasteiger partial charge on any atom is -0.462 e. The van der Waals surface area contributed by atoms with Crippen LogP contribution in [0, 0.1) is 5.95 Å². The van der Waals surface area contributed by atoms with Crippen LogP contribution in [0.5, 0.6) is 0 Å². The lowest BCUT2D eigenvalue weighted by molar-refractivity contribution is 0.0524. The molecule has 0 spiro atoms. The molecule has 6 heteroatoms. The summed E-state index contributed by atoms with van der Waals surface area (Å²) in [5.74, 6) is -1.35. The molecule has 5 nitrogen and oxygen atoms in total. The van der Waals surface area contributed by atoms with Gasteiger partial charge in [0.1, 0.15) is 5.56 Å². The number of fused-ring (bicyclic) bond motifs is 1. The Balaban J connectivity index is 2.38. The van der Waals surface area contributed by atoms with E-state index in [4.69, 9.17) is 4.74 Å². The van der Waals surface area contributed by atoms with Crippen LogP contribution in [0.1, 0.15) is 41.7 Å². The summed E-state index contributed by atoms with van der Waals surface area (Å²) in [6.45, 7) is 5.44.